The van der Waals surface area contributed by atoms with E-state index in [-0.39, 0.29) is 6.61 Å². The molecule has 128 valence electrons. The Hall–Kier alpha value is -3.35. The molecule has 0 fully saturated rings. The van der Waals surface area contributed by atoms with E-state index in [0.29, 0.717) is 17.1 Å². The molecule has 0 bridgehead atoms. The zero-order chi connectivity index (χ0) is 17.6. The highest BCUT2D eigenvalue weighted by atomic mass is 16.6. The maximum Gasteiger partial charge on any atom is 0.337 e. The van der Waals surface area contributed by atoms with E-state index in [1.165, 1.54) is 13.3 Å². The maximum atomic E-state index is 12.1. The fourth-order valence-corrected chi connectivity index (χ4v) is 2.21. The summed E-state index contributed by atoms with van der Waals surface area (Å²) in [5.74, 6) is 0.320. The number of amides is 1. The molecule has 0 saturated carbocycles. The summed E-state index contributed by atoms with van der Waals surface area (Å²) in [6, 6.07) is 13.8. The van der Waals surface area contributed by atoms with E-state index < -0.39 is 18.0 Å². The smallest absolute Gasteiger partial charge is 0.337 e. The van der Waals surface area contributed by atoms with Crippen LogP contribution in [0.1, 0.15) is 15.9 Å². The second kappa shape index (κ2) is 7.48. The number of rotatable bonds is 4. The second-order valence-electron chi connectivity index (χ2n) is 5.21. The van der Waals surface area contributed by atoms with Crippen molar-refractivity contribution in [1.82, 2.24) is 5.43 Å². The molecule has 1 heterocycles. The zero-order valence-electron chi connectivity index (χ0n) is 13.5. The number of hydrogen-bond acceptors (Lipinski definition) is 6. The summed E-state index contributed by atoms with van der Waals surface area (Å²) in [4.78, 5) is 23.4. The largest absolute Gasteiger partial charge is 0.485 e. The van der Waals surface area contributed by atoms with Gasteiger partial charge in [-0.2, -0.15) is 5.10 Å². The van der Waals surface area contributed by atoms with Gasteiger partial charge in [0.1, 0.15) is 6.61 Å². The van der Waals surface area contributed by atoms with Gasteiger partial charge in [0.2, 0.25) is 6.10 Å². The number of nitrogens with one attached hydrogen (secondary N) is 1. The normalized spacial score (nSPS) is 15.6. The molecule has 1 atom stereocenters. The molecular formula is C18H16N2O5. The van der Waals surface area contributed by atoms with Crippen molar-refractivity contribution in [1.29, 1.82) is 0 Å². The predicted molar refractivity (Wildman–Crippen MR) is 89.9 cm³/mol. The van der Waals surface area contributed by atoms with E-state index >= 15 is 0 Å². The Morgan fingerprint density at radius 1 is 1.16 bits per heavy atom. The van der Waals surface area contributed by atoms with Crippen molar-refractivity contribution in [2.24, 2.45) is 5.10 Å². The number of benzene rings is 2. The lowest BCUT2D eigenvalue weighted by molar-refractivity contribution is -0.130. The van der Waals surface area contributed by atoms with E-state index in [9.17, 15) is 9.59 Å². The highest BCUT2D eigenvalue weighted by molar-refractivity contribution is 5.91. The fourth-order valence-electron chi connectivity index (χ4n) is 2.21. The quantitative estimate of drug-likeness (QED) is 0.521. The minimum atomic E-state index is -0.770. The first-order valence-electron chi connectivity index (χ1n) is 7.57. The van der Waals surface area contributed by atoms with Crippen LogP contribution < -0.4 is 14.9 Å². The van der Waals surface area contributed by atoms with Crippen molar-refractivity contribution in [3.63, 3.8) is 0 Å². The summed E-state index contributed by atoms with van der Waals surface area (Å²) < 4.78 is 15.7. The maximum absolute atomic E-state index is 12.1. The summed E-state index contributed by atoms with van der Waals surface area (Å²) in [5.41, 5.74) is 3.58. The number of hydrogen-bond donors (Lipinski definition) is 1. The third-order valence-corrected chi connectivity index (χ3v) is 3.52. The van der Waals surface area contributed by atoms with Gasteiger partial charge < -0.3 is 14.2 Å². The highest BCUT2D eigenvalue weighted by Gasteiger charge is 2.26. The van der Waals surface area contributed by atoms with Crippen LogP contribution in [0, 0.1) is 0 Å². The molecule has 7 heteroatoms. The summed E-state index contributed by atoms with van der Waals surface area (Å²) in [6.07, 6.45) is 0.699. The first-order chi connectivity index (χ1) is 12.2. The van der Waals surface area contributed by atoms with Gasteiger partial charge in [0.05, 0.1) is 18.9 Å². The number of ether oxygens (including phenoxy) is 3. The highest BCUT2D eigenvalue weighted by Crippen LogP contribution is 2.30. The lowest BCUT2D eigenvalue weighted by Crippen LogP contribution is -2.42. The molecule has 1 aliphatic heterocycles. The SMILES string of the molecule is COC(=O)c1ccc(/C=N\NC(=O)[C@H]2COc3ccccc3O2)cc1. The minimum absolute atomic E-state index is 0.117. The van der Waals surface area contributed by atoms with Gasteiger partial charge in [0.25, 0.3) is 5.91 Å². The average molecular weight is 340 g/mol. The van der Waals surface area contributed by atoms with E-state index in [0.717, 1.165) is 5.56 Å². The van der Waals surface area contributed by atoms with Crippen LogP contribution >= 0.6 is 0 Å². The summed E-state index contributed by atoms with van der Waals surface area (Å²) >= 11 is 0. The molecule has 1 N–H and O–H groups in total. The third-order valence-electron chi connectivity index (χ3n) is 3.52. The molecular weight excluding hydrogens is 324 g/mol. The Morgan fingerprint density at radius 3 is 2.60 bits per heavy atom. The Kier molecular flexibility index (Phi) is 4.94. The Labute approximate surface area is 144 Å². The summed E-state index contributed by atoms with van der Waals surface area (Å²) in [6.45, 7) is 0.117. The molecule has 0 radical (unpaired) electrons. The van der Waals surface area contributed by atoms with E-state index in [2.05, 4.69) is 15.3 Å². The molecule has 25 heavy (non-hydrogen) atoms. The molecule has 2 aromatic rings. The van der Waals surface area contributed by atoms with Crippen LogP contribution in [0.3, 0.4) is 0 Å². The van der Waals surface area contributed by atoms with Crippen LogP contribution in [-0.2, 0) is 9.53 Å². The van der Waals surface area contributed by atoms with Crippen molar-refractivity contribution >= 4 is 18.1 Å². The van der Waals surface area contributed by atoms with Gasteiger partial charge >= 0.3 is 5.97 Å². The second-order valence-corrected chi connectivity index (χ2v) is 5.21. The number of hydrazone groups is 1. The van der Waals surface area contributed by atoms with E-state index in [1.54, 1.807) is 42.5 Å². The molecule has 7 nitrogen and oxygen atoms in total. The Morgan fingerprint density at radius 2 is 1.88 bits per heavy atom. The number of nitrogens with zero attached hydrogens (tertiary/aromatic N) is 1. The monoisotopic (exact) mass is 340 g/mol. The van der Waals surface area contributed by atoms with Gasteiger partial charge in [-0.25, -0.2) is 10.2 Å². The zero-order valence-corrected chi connectivity index (χ0v) is 13.5. The standard InChI is InChI=1S/C18H16N2O5/c1-23-18(22)13-8-6-12(7-9-13)10-19-20-17(21)16-11-24-14-4-2-3-5-15(14)25-16/h2-10,16H,11H2,1H3,(H,20,21)/b19-10-/t16-/m1/s1. The van der Waals surface area contributed by atoms with Gasteiger partial charge in [-0.05, 0) is 29.8 Å². The van der Waals surface area contributed by atoms with Crippen LogP contribution in [0.4, 0.5) is 0 Å². The van der Waals surface area contributed by atoms with Crippen molar-refractivity contribution in [2.75, 3.05) is 13.7 Å². The van der Waals surface area contributed by atoms with E-state index in [4.69, 9.17) is 9.47 Å². The first kappa shape index (κ1) is 16.5. The van der Waals surface area contributed by atoms with Crippen molar-refractivity contribution in [2.45, 2.75) is 6.10 Å². The molecule has 0 saturated heterocycles. The van der Waals surface area contributed by atoms with Crippen LogP contribution in [0.5, 0.6) is 11.5 Å². The van der Waals surface area contributed by atoms with E-state index in [1.807, 2.05) is 6.07 Å². The van der Waals surface area contributed by atoms with Crippen LogP contribution in [0.2, 0.25) is 0 Å². The van der Waals surface area contributed by atoms with Gasteiger partial charge in [0.15, 0.2) is 11.5 Å². The molecule has 1 aliphatic rings. The number of para-hydroxylation sites is 2. The summed E-state index contributed by atoms with van der Waals surface area (Å²) in [7, 11) is 1.32. The van der Waals surface area contributed by atoms with Crippen LogP contribution in [-0.4, -0.2) is 37.9 Å². The van der Waals surface area contributed by atoms with Gasteiger partial charge in [-0.1, -0.05) is 24.3 Å². The molecule has 0 unspecified atom stereocenters. The Bertz CT molecular complexity index is 801. The molecule has 1 amide bonds. The molecule has 0 aromatic heterocycles. The predicted octanol–water partition coefficient (Wildman–Crippen LogP) is 1.76. The van der Waals surface area contributed by atoms with Crippen LogP contribution in [0.25, 0.3) is 0 Å². The Balaban J connectivity index is 1.55. The van der Waals surface area contributed by atoms with Crippen molar-refractivity contribution < 1.29 is 23.8 Å². The van der Waals surface area contributed by atoms with Crippen molar-refractivity contribution in [3.05, 3.63) is 59.7 Å². The topological polar surface area (TPSA) is 86.2 Å². The van der Waals surface area contributed by atoms with Crippen molar-refractivity contribution in [3.8, 4) is 11.5 Å². The van der Waals surface area contributed by atoms with Gasteiger partial charge in [-0.15, -0.1) is 0 Å². The lowest BCUT2D eigenvalue weighted by Gasteiger charge is -2.24. The summed E-state index contributed by atoms with van der Waals surface area (Å²) in [5, 5.41) is 3.89. The fraction of sp³-hybridized carbons (Fsp3) is 0.167. The molecule has 0 spiro atoms. The van der Waals surface area contributed by atoms with Gasteiger partial charge in [0, 0.05) is 0 Å². The lowest BCUT2D eigenvalue weighted by atomic mass is 10.1. The average Bonchev–Trinajstić information content (AvgIpc) is 2.67. The molecule has 0 aliphatic carbocycles. The number of methoxy groups -OCH3 is 1. The third kappa shape index (κ3) is 3.95. The van der Waals surface area contributed by atoms with Crippen LogP contribution in [0.15, 0.2) is 53.6 Å². The van der Waals surface area contributed by atoms with Gasteiger partial charge in [-0.3, -0.25) is 4.79 Å². The molecule has 3 rings (SSSR count). The number of fused-ring (bicyclic) bond motifs is 1. The minimum Gasteiger partial charge on any atom is -0.485 e. The number of carbonyl (C=O) groups excluding carboxylic acids is 2. The first-order valence-corrected chi connectivity index (χ1v) is 7.57. The molecule has 2 aromatic carbocycles. The number of carbonyl (C=O) groups is 2. The number of esters is 1.